The van der Waals surface area contributed by atoms with Crippen LogP contribution >= 0.6 is 0 Å². The van der Waals surface area contributed by atoms with Gasteiger partial charge in [0.25, 0.3) is 0 Å². The molecule has 0 radical (unpaired) electrons. The normalized spacial score (nSPS) is 12.3. The quantitative estimate of drug-likeness (QED) is 0.851. The van der Waals surface area contributed by atoms with Crippen molar-refractivity contribution in [2.24, 2.45) is 5.92 Å². The summed E-state index contributed by atoms with van der Waals surface area (Å²) in [6.07, 6.45) is 0.418. The number of hydrogen-bond donors (Lipinski definition) is 1. The zero-order valence-electron chi connectivity index (χ0n) is 11.0. The molecule has 0 aliphatic heterocycles. The van der Waals surface area contributed by atoms with Crippen molar-refractivity contribution >= 4 is 5.91 Å². The fourth-order valence-electron chi connectivity index (χ4n) is 1.40. The molecule has 1 rings (SSSR count). The molecule has 0 saturated carbocycles. The van der Waals surface area contributed by atoms with Crippen LogP contribution in [0.5, 0.6) is 5.75 Å². The number of carbonyl (C=O) groups is 1. The van der Waals surface area contributed by atoms with Crippen LogP contribution in [0, 0.1) is 5.92 Å². The zero-order chi connectivity index (χ0) is 12.8. The lowest BCUT2D eigenvalue weighted by atomic mass is 10.1. The average Bonchev–Trinajstić information content (AvgIpc) is 2.29. The predicted molar refractivity (Wildman–Crippen MR) is 69.1 cm³/mol. The monoisotopic (exact) mass is 235 g/mol. The summed E-state index contributed by atoms with van der Waals surface area (Å²) in [5.41, 5.74) is 0.999. The average molecular weight is 235 g/mol. The standard InChI is InChI=1S/C14H21NO2/c1-10(2)11(3)15-14(16)9-12-5-7-13(17-4)8-6-12/h5-8,10-11H,9H2,1-4H3,(H,15,16). The Labute approximate surface area is 103 Å². The Morgan fingerprint density at radius 1 is 1.24 bits per heavy atom. The number of rotatable bonds is 5. The van der Waals surface area contributed by atoms with Crippen LogP contribution in [0.25, 0.3) is 0 Å². The minimum Gasteiger partial charge on any atom is -0.497 e. The number of nitrogens with one attached hydrogen (secondary N) is 1. The Morgan fingerprint density at radius 2 is 1.82 bits per heavy atom. The van der Waals surface area contributed by atoms with Crippen LogP contribution in [0.4, 0.5) is 0 Å². The highest BCUT2D eigenvalue weighted by Crippen LogP contribution is 2.11. The molecule has 1 aromatic carbocycles. The Bertz CT molecular complexity index is 357. The molecule has 0 heterocycles. The van der Waals surface area contributed by atoms with Gasteiger partial charge in [0.2, 0.25) is 5.91 Å². The van der Waals surface area contributed by atoms with Gasteiger partial charge in [0.15, 0.2) is 0 Å². The summed E-state index contributed by atoms with van der Waals surface area (Å²) < 4.78 is 5.07. The molecule has 0 saturated heterocycles. The topological polar surface area (TPSA) is 38.3 Å². The van der Waals surface area contributed by atoms with E-state index in [1.54, 1.807) is 7.11 Å². The van der Waals surface area contributed by atoms with Gasteiger partial charge in [-0.15, -0.1) is 0 Å². The van der Waals surface area contributed by atoms with Crippen LogP contribution in [0.1, 0.15) is 26.3 Å². The molecule has 94 valence electrons. The number of carbonyl (C=O) groups excluding carboxylic acids is 1. The Morgan fingerprint density at radius 3 is 2.29 bits per heavy atom. The van der Waals surface area contributed by atoms with Crippen molar-refractivity contribution in [2.75, 3.05) is 7.11 Å². The molecule has 1 N–H and O–H groups in total. The molecule has 1 atom stereocenters. The van der Waals surface area contributed by atoms with E-state index in [4.69, 9.17) is 4.74 Å². The van der Waals surface area contributed by atoms with Crippen molar-refractivity contribution < 1.29 is 9.53 Å². The zero-order valence-corrected chi connectivity index (χ0v) is 11.0. The summed E-state index contributed by atoms with van der Waals surface area (Å²) in [6.45, 7) is 6.22. The molecule has 0 spiro atoms. The van der Waals surface area contributed by atoms with E-state index < -0.39 is 0 Å². The van der Waals surface area contributed by atoms with Gasteiger partial charge in [-0.05, 0) is 30.5 Å². The molecule has 0 aromatic heterocycles. The molecule has 0 fully saturated rings. The van der Waals surface area contributed by atoms with E-state index in [9.17, 15) is 4.79 Å². The Kier molecular flexibility index (Phi) is 5.01. The van der Waals surface area contributed by atoms with E-state index >= 15 is 0 Å². The lowest BCUT2D eigenvalue weighted by Gasteiger charge is -2.17. The van der Waals surface area contributed by atoms with Gasteiger partial charge in [0.1, 0.15) is 5.75 Å². The molecule has 1 aromatic rings. The highest BCUT2D eigenvalue weighted by Gasteiger charge is 2.10. The minimum atomic E-state index is 0.0661. The maximum Gasteiger partial charge on any atom is 0.224 e. The maximum absolute atomic E-state index is 11.7. The molecule has 17 heavy (non-hydrogen) atoms. The maximum atomic E-state index is 11.7. The van der Waals surface area contributed by atoms with Gasteiger partial charge in [-0.2, -0.15) is 0 Å². The summed E-state index contributed by atoms with van der Waals surface area (Å²) in [5, 5.41) is 2.99. The van der Waals surface area contributed by atoms with E-state index in [0.29, 0.717) is 12.3 Å². The summed E-state index contributed by atoms with van der Waals surface area (Å²) in [7, 11) is 1.63. The summed E-state index contributed by atoms with van der Waals surface area (Å²) >= 11 is 0. The van der Waals surface area contributed by atoms with E-state index in [2.05, 4.69) is 19.2 Å². The molecular formula is C14H21NO2. The molecule has 1 unspecified atom stereocenters. The van der Waals surface area contributed by atoms with E-state index in [-0.39, 0.29) is 11.9 Å². The summed E-state index contributed by atoms with van der Waals surface area (Å²) in [5.74, 6) is 1.33. The highest BCUT2D eigenvalue weighted by atomic mass is 16.5. The number of methoxy groups -OCH3 is 1. The van der Waals surface area contributed by atoms with Gasteiger partial charge < -0.3 is 10.1 Å². The molecule has 0 aliphatic rings. The number of ether oxygens (including phenoxy) is 1. The van der Waals surface area contributed by atoms with E-state index in [1.807, 2.05) is 31.2 Å². The van der Waals surface area contributed by atoms with Crippen molar-refractivity contribution in [2.45, 2.75) is 33.2 Å². The first kappa shape index (κ1) is 13.6. The van der Waals surface area contributed by atoms with Crippen molar-refractivity contribution in [3.63, 3.8) is 0 Å². The fraction of sp³-hybridized carbons (Fsp3) is 0.500. The van der Waals surface area contributed by atoms with Crippen LogP contribution in [0.3, 0.4) is 0 Å². The van der Waals surface area contributed by atoms with Crippen LogP contribution in [-0.2, 0) is 11.2 Å². The van der Waals surface area contributed by atoms with E-state index in [1.165, 1.54) is 0 Å². The first-order chi connectivity index (χ1) is 8.02. The minimum absolute atomic E-state index is 0.0661. The smallest absolute Gasteiger partial charge is 0.224 e. The van der Waals surface area contributed by atoms with Crippen LogP contribution in [-0.4, -0.2) is 19.1 Å². The van der Waals surface area contributed by atoms with Gasteiger partial charge in [0, 0.05) is 6.04 Å². The van der Waals surface area contributed by atoms with Gasteiger partial charge in [-0.25, -0.2) is 0 Å². The second-order valence-corrected chi connectivity index (χ2v) is 4.63. The van der Waals surface area contributed by atoms with Crippen molar-refractivity contribution in [1.82, 2.24) is 5.32 Å². The van der Waals surface area contributed by atoms with Gasteiger partial charge in [-0.1, -0.05) is 26.0 Å². The van der Waals surface area contributed by atoms with E-state index in [0.717, 1.165) is 11.3 Å². The van der Waals surface area contributed by atoms with Crippen LogP contribution in [0.15, 0.2) is 24.3 Å². The van der Waals surface area contributed by atoms with Crippen molar-refractivity contribution in [1.29, 1.82) is 0 Å². The first-order valence-electron chi connectivity index (χ1n) is 5.95. The molecule has 3 nitrogen and oxygen atoms in total. The van der Waals surface area contributed by atoms with Gasteiger partial charge in [0.05, 0.1) is 13.5 Å². The largest absolute Gasteiger partial charge is 0.497 e. The van der Waals surface area contributed by atoms with Gasteiger partial charge in [-0.3, -0.25) is 4.79 Å². The molecule has 1 amide bonds. The Balaban J connectivity index is 2.50. The summed E-state index contributed by atoms with van der Waals surface area (Å²) in [6, 6.07) is 7.78. The Hall–Kier alpha value is -1.51. The predicted octanol–water partition coefficient (Wildman–Crippen LogP) is 2.40. The van der Waals surface area contributed by atoms with Crippen LogP contribution < -0.4 is 10.1 Å². The molecule has 3 heteroatoms. The third-order valence-corrected chi connectivity index (χ3v) is 2.91. The SMILES string of the molecule is COc1ccc(CC(=O)NC(C)C(C)C)cc1. The van der Waals surface area contributed by atoms with Crippen molar-refractivity contribution in [3.8, 4) is 5.75 Å². The second-order valence-electron chi connectivity index (χ2n) is 4.63. The van der Waals surface area contributed by atoms with Crippen LogP contribution in [0.2, 0.25) is 0 Å². The van der Waals surface area contributed by atoms with Gasteiger partial charge >= 0.3 is 0 Å². The number of hydrogen-bond acceptors (Lipinski definition) is 2. The molecule has 0 aliphatic carbocycles. The molecular weight excluding hydrogens is 214 g/mol. The first-order valence-corrected chi connectivity index (χ1v) is 5.95. The summed E-state index contributed by atoms with van der Waals surface area (Å²) in [4.78, 5) is 11.7. The third kappa shape index (κ3) is 4.47. The number of benzene rings is 1. The highest BCUT2D eigenvalue weighted by molar-refractivity contribution is 5.78. The second kappa shape index (κ2) is 6.28. The van der Waals surface area contributed by atoms with Crippen molar-refractivity contribution in [3.05, 3.63) is 29.8 Å². The number of amides is 1. The fourth-order valence-corrected chi connectivity index (χ4v) is 1.40. The lowest BCUT2D eigenvalue weighted by Crippen LogP contribution is -2.37. The third-order valence-electron chi connectivity index (χ3n) is 2.91. The lowest BCUT2D eigenvalue weighted by molar-refractivity contribution is -0.121. The molecule has 0 bridgehead atoms.